The maximum atomic E-state index is 12.8. The molecule has 0 spiro atoms. The van der Waals surface area contributed by atoms with Crippen molar-refractivity contribution in [1.82, 2.24) is 4.31 Å². The van der Waals surface area contributed by atoms with Crippen molar-refractivity contribution in [3.05, 3.63) is 60.2 Å². The number of hydrogen-bond acceptors (Lipinski definition) is 4. The van der Waals surface area contributed by atoms with E-state index in [1.54, 1.807) is 31.4 Å². The fourth-order valence-electron chi connectivity index (χ4n) is 2.29. The molecule has 0 radical (unpaired) electrons. The summed E-state index contributed by atoms with van der Waals surface area (Å²) < 4.78 is 32.0. The number of rotatable bonds is 8. The SMILES string of the molecule is COc1ccc(S(=O)(=O)N(CCN)CCc2ccccc2)cc1. The highest BCUT2D eigenvalue weighted by atomic mass is 32.2. The van der Waals surface area contributed by atoms with Crippen molar-refractivity contribution in [2.75, 3.05) is 26.7 Å². The Morgan fingerprint density at radius 3 is 2.22 bits per heavy atom. The number of methoxy groups -OCH3 is 1. The highest BCUT2D eigenvalue weighted by Crippen LogP contribution is 2.19. The minimum Gasteiger partial charge on any atom is -0.497 e. The van der Waals surface area contributed by atoms with E-state index >= 15 is 0 Å². The van der Waals surface area contributed by atoms with E-state index in [9.17, 15) is 8.42 Å². The zero-order chi connectivity index (χ0) is 16.7. The molecule has 2 N–H and O–H groups in total. The van der Waals surface area contributed by atoms with Crippen molar-refractivity contribution in [1.29, 1.82) is 0 Å². The van der Waals surface area contributed by atoms with Crippen molar-refractivity contribution < 1.29 is 13.2 Å². The number of ether oxygens (including phenoxy) is 1. The first-order valence-corrected chi connectivity index (χ1v) is 8.90. The Morgan fingerprint density at radius 1 is 1.00 bits per heavy atom. The normalized spacial score (nSPS) is 11.6. The molecule has 0 heterocycles. The molecule has 0 saturated carbocycles. The Bertz CT molecular complexity index is 700. The highest BCUT2D eigenvalue weighted by Gasteiger charge is 2.23. The van der Waals surface area contributed by atoms with Crippen molar-refractivity contribution >= 4 is 10.0 Å². The van der Waals surface area contributed by atoms with Crippen LogP contribution in [0.25, 0.3) is 0 Å². The summed E-state index contributed by atoms with van der Waals surface area (Å²) in [7, 11) is -2.01. The number of hydrogen-bond donors (Lipinski definition) is 1. The number of sulfonamides is 1. The molecule has 0 atom stereocenters. The molecule has 2 aromatic rings. The maximum absolute atomic E-state index is 12.8. The van der Waals surface area contributed by atoms with Gasteiger partial charge in [0.25, 0.3) is 0 Å². The van der Waals surface area contributed by atoms with Gasteiger partial charge in [-0.15, -0.1) is 0 Å². The summed E-state index contributed by atoms with van der Waals surface area (Å²) in [5.74, 6) is 0.624. The molecular formula is C17H22N2O3S. The van der Waals surface area contributed by atoms with Gasteiger partial charge in [0.2, 0.25) is 10.0 Å². The Morgan fingerprint density at radius 2 is 1.65 bits per heavy atom. The zero-order valence-corrected chi connectivity index (χ0v) is 14.0. The molecule has 124 valence electrons. The first kappa shape index (κ1) is 17.5. The Balaban J connectivity index is 2.16. The van der Waals surface area contributed by atoms with Crippen LogP contribution in [0.3, 0.4) is 0 Å². The van der Waals surface area contributed by atoms with Gasteiger partial charge in [0.1, 0.15) is 5.75 Å². The molecule has 0 unspecified atom stereocenters. The molecule has 0 aliphatic carbocycles. The lowest BCUT2D eigenvalue weighted by Gasteiger charge is -2.21. The molecular weight excluding hydrogens is 312 g/mol. The highest BCUT2D eigenvalue weighted by molar-refractivity contribution is 7.89. The summed E-state index contributed by atoms with van der Waals surface area (Å²) in [5.41, 5.74) is 6.69. The van der Waals surface area contributed by atoms with Gasteiger partial charge in [0, 0.05) is 19.6 Å². The summed E-state index contributed by atoms with van der Waals surface area (Å²) in [5, 5.41) is 0. The molecule has 0 saturated heterocycles. The summed E-state index contributed by atoms with van der Waals surface area (Å²) in [4.78, 5) is 0.250. The third-order valence-electron chi connectivity index (χ3n) is 3.57. The third kappa shape index (κ3) is 4.54. The monoisotopic (exact) mass is 334 g/mol. The van der Waals surface area contributed by atoms with Crippen LogP contribution in [0.4, 0.5) is 0 Å². The van der Waals surface area contributed by atoms with E-state index in [0.29, 0.717) is 25.3 Å². The number of nitrogens with zero attached hydrogens (tertiary/aromatic N) is 1. The van der Waals surface area contributed by atoms with E-state index in [0.717, 1.165) is 5.56 Å². The standard InChI is InChI=1S/C17H22N2O3S/c1-22-16-7-9-17(10-8-16)23(20,21)19(14-12-18)13-11-15-5-3-2-4-6-15/h2-10H,11-14,18H2,1H3. The summed E-state index contributed by atoms with van der Waals surface area (Å²) in [6.07, 6.45) is 0.649. The number of benzene rings is 2. The quantitative estimate of drug-likeness (QED) is 0.800. The second-order valence-corrected chi connectivity index (χ2v) is 7.04. The minimum absolute atomic E-state index is 0.250. The molecule has 0 aromatic heterocycles. The zero-order valence-electron chi connectivity index (χ0n) is 13.2. The first-order valence-electron chi connectivity index (χ1n) is 7.46. The predicted molar refractivity (Wildman–Crippen MR) is 91.0 cm³/mol. The predicted octanol–water partition coefficient (Wildman–Crippen LogP) is 1.89. The largest absolute Gasteiger partial charge is 0.497 e. The molecule has 0 amide bonds. The molecule has 0 fully saturated rings. The van der Waals surface area contributed by atoms with Crippen LogP contribution in [0, 0.1) is 0 Å². The third-order valence-corrected chi connectivity index (χ3v) is 5.48. The van der Waals surface area contributed by atoms with Crippen LogP contribution in [0.2, 0.25) is 0 Å². The van der Waals surface area contributed by atoms with Gasteiger partial charge in [-0.25, -0.2) is 8.42 Å². The van der Waals surface area contributed by atoms with Crippen molar-refractivity contribution in [3.8, 4) is 5.75 Å². The van der Waals surface area contributed by atoms with Crippen LogP contribution >= 0.6 is 0 Å². The van der Waals surface area contributed by atoms with Crippen LogP contribution in [0.5, 0.6) is 5.75 Å². The van der Waals surface area contributed by atoms with Crippen LogP contribution in [-0.2, 0) is 16.4 Å². The van der Waals surface area contributed by atoms with Crippen LogP contribution < -0.4 is 10.5 Å². The fraction of sp³-hybridized carbons (Fsp3) is 0.294. The molecule has 5 nitrogen and oxygen atoms in total. The maximum Gasteiger partial charge on any atom is 0.243 e. The molecule has 2 aromatic carbocycles. The molecule has 0 aliphatic rings. The van der Waals surface area contributed by atoms with Crippen LogP contribution in [0.1, 0.15) is 5.56 Å². The van der Waals surface area contributed by atoms with Gasteiger partial charge in [-0.3, -0.25) is 0 Å². The van der Waals surface area contributed by atoms with Crippen molar-refractivity contribution in [3.63, 3.8) is 0 Å². The van der Waals surface area contributed by atoms with E-state index in [2.05, 4.69) is 0 Å². The lowest BCUT2D eigenvalue weighted by molar-refractivity contribution is 0.413. The van der Waals surface area contributed by atoms with Gasteiger partial charge in [-0.05, 0) is 36.2 Å². The average molecular weight is 334 g/mol. The smallest absolute Gasteiger partial charge is 0.243 e. The fourth-order valence-corrected chi connectivity index (χ4v) is 3.75. The van der Waals surface area contributed by atoms with E-state index in [1.807, 2.05) is 30.3 Å². The first-order chi connectivity index (χ1) is 11.1. The molecule has 6 heteroatoms. The lowest BCUT2D eigenvalue weighted by Crippen LogP contribution is -2.36. The summed E-state index contributed by atoms with van der Waals surface area (Å²) in [6, 6.07) is 16.2. The summed E-state index contributed by atoms with van der Waals surface area (Å²) >= 11 is 0. The van der Waals surface area contributed by atoms with Gasteiger partial charge in [0.05, 0.1) is 12.0 Å². The van der Waals surface area contributed by atoms with Gasteiger partial charge in [-0.1, -0.05) is 30.3 Å². The molecule has 0 bridgehead atoms. The number of nitrogens with two attached hydrogens (primary N) is 1. The Labute approximate surface area is 137 Å². The van der Waals surface area contributed by atoms with Crippen LogP contribution in [-0.4, -0.2) is 39.5 Å². The van der Waals surface area contributed by atoms with E-state index in [-0.39, 0.29) is 11.4 Å². The second-order valence-electron chi connectivity index (χ2n) is 5.10. The van der Waals surface area contributed by atoms with Gasteiger partial charge < -0.3 is 10.5 Å². The summed E-state index contributed by atoms with van der Waals surface area (Å²) in [6.45, 7) is 0.973. The van der Waals surface area contributed by atoms with E-state index < -0.39 is 10.0 Å². The van der Waals surface area contributed by atoms with E-state index in [1.165, 1.54) is 4.31 Å². The minimum atomic E-state index is -3.56. The van der Waals surface area contributed by atoms with E-state index in [4.69, 9.17) is 10.5 Å². The van der Waals surface area contributed by atoms with Gasteiger partial charge >= 0.3 is 0 Å². The van der Waals surface area contributed by atoms with Crippen molar-refractivity contribution in [2.45, 2.75) is 11.3 Å². The molecule has 23 heavy (non-hydrogen) atoms. The topological polar surface area (TPSA) is 72.6 Å². The lowest BCUT2D eigenvalue weighted by atomic mass is 10.1. The molecule has 2 rings (SSSR count). The Hall–Kier alpha value is -1.89. The van der Waals surface area contributed by atoms with Crippen molar-refractivity contribution in [2.24, 2.45) is 5.73 Å². The molecule has 0 aliphatic heterocycles. The van der Waals surface area contributed by atoms with Crippen LogP contribution in [0.15, 0.2) is 59.5 Å². The van der Waals surface area contributed by atoms with Gasteiger partial charge in [0.15, 0.2) is 0 Å². The van der Waals surface area contributed by atoms with Gasteiger partial charge in [-0.2, -0.15) is 4.31 Å². The average Bonchev–Trinajstić information content (AvgIpc) is 2.59. The Kier molecular flexibility index (Phi) is 6.15. The second kappa shape index (κ2) is 8.10.